The van der Waals surface area contributed by atoms with Gasteiger partial charge in [-0.05, 0) is 60.0 Å². The van der Waals surface area contributed by atoms with Gasteiger partial charge in [0.1, 0.15) is 0 Å². The number of nitrogens with zero attached hydrogens (tertiary/aromatic N) is 2. The van der Waals surface area contributed by atoms with E-state index in [1.54, 1.807) is 26.6 Å². The highest BCUT2D eigenvalue weighted by atomic mass is 16.5. The van der Waals surface area contributed by atoms with E-state index in [0.29, 0.717) is 25.4 Å². The molecule has 1 aromatic heterocycles. The molecule has 0 radical (unpaired) electrons. The molecule has 1 fully saturated rings. The number of methoxy groups -OCH3 is 2. The number of ether oxygens (including phenoxy) is 3. The third kappa shape index (κ3) is 3.31. The summed E-state index contributed by atoms with van der Waals surface area (Å²) in [6, 6.07) is 11.8. The van der Waals surface area contributed by atoms with Gasteiger partial charge in [0, 0.05) is 36.4 Å². The van der Waals surface area contributed by atoms with Crippen molar-refractivity contribution in [3.8, 4) is 11.5 Å². The van der Waals surface area contributed by atoms with Gasteiger partial charge in [0.2, 0.25) is 0 Å². The second-order valence-electron chi connectivity index (χ2n) is 8.15. The zero-order valence-corrected chi connectivity index (χ0v) is 17.9. The van der Waals surface area contributed by atoms with E-state index in [2.05, 4.69) is 17.1 Å². The molecular weight excluding hydrogens is 392 g/mol. The maximum absolute atomic E-state index is 13.3. The van der Waals surface area contributed by atoms with Crippen LogP contribution in [0.4, 0.5) is 0 Å². The van der Waals surface area contributed by atoms with Crippen molar-refractivity contribution in [3.63, 3.8) is 0 Å². The van der Waals surface area contributed by atoms with Crippen LogP contribution in [0, 0.1) is 0 Å². The number of benzene rings is 2. The van der Waals surface area contributed by atoms with Crippen LogP contribution in [0.2, 0.25) is 0 Å². The van der Waals surface area contributed by atoms with Gasteiger partial charge < -0.3 is 19.1 Å². The molecule has 2 aromatic carbocycles. The second-order valence-corrected chi connectivity index (χ2v) is 8.15. The molecule has 0 atom stereocenters. The van der Waals surface area contributed by atoms with Crippen LogP contribution in [0.15, 0.2) is 48.8 Å². The monoisotopic (exact) mass is 418 g/mol. The molecule has 1 spiro atoms. The molecule has 0 aliphatic carbocycles. The Bertz CT molecular complexity index is 1130. The quantitative estimate of drug-likeness (QED) is 0.644. The van der Waals surface area contributed by atoms with Gasteiger partial charge in [-0.25, -0.2) is 0 Å². The summed E-state index contributed by atoms with van der Waals surface area (Å²) in [5.74, 6) is 1.53. The summed E-state index contributed by atoms with van der Waals surface area (Å²) in [7, 11) is 3.31. The number of carbonyl (C=O) groups is 1. The number of aromatic nitrogens is 1. The number of amides is 1. The number of rotatable bonds is 3. The van der Waals surface area contributed by atoms with E-state index in [9.17, 15) is 4.79 Å². The average molecular weight is 418 g/mol. The normalized spacial score (nSPS) is 17.4. The number of hydrogen-bond donors (Lipinski definition) is 0. The van der Waals surface area contributed by atoms with E-state index in [1.165, 1.54) is 11.1 Å². The summed E-state index contributed by atoms with van der Waals surface area (Å²) in [5.41, 5.74) is 2.75. The zero-order chi connectivity index (χ0) is 21.4. The van der Waals surface area contributed by atoms with Gasteiger partial charge in [0.25, 0.3) is 5.91 Å². The summed E-state index contributed by atoms with van der Waals surface area (Å²) in [4.78, 5) is 19.5. The Balaban J connectivity index is 1.41. The molecule has 5 rings (SSSR count). The maximum atomic E-state index is 13.3. The number of carbonyl (C=O) groups excluding carboxylic acids is 1. The molecular formula is C25H26N2O4. The first-order chi connectivity index (χ1) is 15.1. The predicted octanol–water partition coefficient (Wildman–Crippen LogP) is 3.96. The Morgan fingerprint density at radius 2 is 1.87 bits per heavy atom. The standard InChI is InChI=1S/C25H26N2O4/c1-29-22-14-17-7-13-31-25(21(17)15-23(22)30-2)8-11-27(12-9-25)24(28)20-5-3-4-18-16-26-10-6-19(18)20/h3-6,10,14-16H,7-9,11-13H2,1-2H3. The summed E-state index contributed by atoms with van der Waals surface area (Å²) >= 11 is 0. The lowest BCUT2D eigenvalue weighted by molar-refractivity contribution is -0.0936. The lowest BCUT2D eigenvalue weighted by Crippen LogP contribution is -2.48. The summed E-state index contributed by atoms with van der Waals surface area (Å²) in [6.07, 6.45) is 5.90. The van der Waals surface area contributed by atoms with E-state index in [4.69, 9.17) is 14.2 Å². The van der Waals surface area contributed by atoms with Gasteiger partial charge in [-0.15, -0.1) is 0 Å². The van der Waals surface area contributed by atoms with E-state index in [1.807, 2.05) is 29.2 Å². The molecule has 3 aromatic rings. The van der Waals surface area contributed by atoms with Crippen LogP contribution in [0.5, 0.6) is 11.5 Å². The Labute approximate surface area is 181 Å². The summed E-state index contributed by atoms with van der Waals surface area (Å²) < 4.78 is 17.4. The van der Waals surface area contributed by atoms with Gasteiger partial charge >= 0.3 is 0 Å². The van der Waals surface area contributed by atoms with Crippen molar-refractivity contribution >= 4 is 16.7 Å². The van der Waals surface area contributed by atoms with Crippen molar-refractivity contribution in [1.82, 2.24) is 9.88 Å². The van der Waals surface area contributed by atoms with Gasteiger partial charge in [0.05, 0.1) is 26.4 Å². The molecule has 6 heteroatoms. The predicted molar refractivity (Wildman–Crippen MR) is 118 cm³/mol. The van der Waals surface area contributed by atoms with Crippen molar-refractivity contribution in [2.45, 2.75) is 24.9 Å². The lowest BCUT2D eigenvalue weighted by Gasteiger charge is -2.45. The Kier molecular flexibility index (Phi) is 5.02. The molecule has 1 saturated heterocycles. The number of pyridine rings is 1. The molecule has 0 saturated carbocycles. The molecule has 3 heterocycles. The molecule has 0 N–H and O–H groups in total. The fourth-order valence-electron chi connectivity index (χ4n) is 4.95. The molecule has 2 aliphatic rings. The van der Waals surface area contributed by atoms with Crippen LogP contribution in [0.25, 0.3) is 10.8 Å². The summed E-state index contributed by atoms with van der Waals surface area (Å²) in [6.45, 7) is 1.97. The third-order valence-corrected chi connectivity index (χ3v) is 6.62. The fourth-order valence-corrected chi connectivity index (χ4v) is 4.95. The molecule has 160 valence electrons. The van der Waals surface area contributed by atoms with E-state index in [-0.39, 0.29) is 11.5 Å². The molecule has 0 bridgehead atoms. The molecule has 0 unspecified atom stereocenters. The second kappa shape index (κ2) is 7.85. The van der Waals surface area contributed by atoms with Gasteiger partial charge in [-0.2, -0.15) is 0 Å². The molecule has 31 heavy (non-hydrogen) atoms. The van der Waals surface area contributed by atoms with Crippen molar-refractivity contribution in [1.29, 1.82) is 0 Å². The van der Waals surface area contributed by atoms with Crippen LogP contribution >= 0.6 is 0 Å². The highest BCUT2D eigenvalue weighted by Gasteiger charge is 2.42. The van der Waals surface area contributed by atoms with Gasteiger partial charge in [-0.1, -0.05) is 12.1 Å². The van der Waals surface area contributed by atoms with Crippen LogP contribution < -0.4 is 9.47 Å². The van der Waals surface area contributed by atoms with Crippen LogP contribution in [0.1, 0.15) is 34.3 Å². The zero-order valence-electron chi connectivity index (χ0n) is 17.9. The van der Waals surface area contributed by atoms with Crippen LogP contribution in [-0.4, -0.2) is 49.7 Å². The minimum Gasteiger partial charge on any atom is -0.493 e. The first-order valence-corrected chi connectivity index (χ1v) is 10.7. The van der Waals surface area contributed by atoms with Crippen LogP contribution in [-0.2, 0) is 16.8 Å². The largest absolute Gasteiger partial charge is 0.493 e. The van der Waals surface area contributed by atoms with Gasteiger partial charge in [-0.3, -0.25) is 9.78 Å². The lowest BCUT2D eigenvalue weighted by atomic mass is 9.79. The minimum absolute atomic E-state index is 0.0648. The fraction of sp³-hybridized carbons (Fsp3) is 0.360. The van der Waals surface area contributed by atoms with Gasteiger partial charge in [0.15, 0.2) is 11.5 Å². The van der Waals surface area contributed by atoms with Crippen molar-refractivity contribution in [2.75, 3.05) is 33.9 Å². The van der Waals surface area contributed by atoms with Crippen molar-refractivity contribution < 1.29 is 19.0 Å². The number of likely N-dealkylation sites (tertiary alicyclic amines) is 1. The smallest absolute Gasteiger partial charge is 0.254 e. The number of fused-ring (bicyclic) bond motifs is 3. The van der Waals surface area contributed by atoms with E-state index >= 15 is 0 Å². The Hall–Kier alpha value is -3.12. The molecule has 2 aliphatic heterocycles. The number of piperidine rings is 1. The minimum atomic E-state index is -0.382. The van der Waals surface area contributed by atoms with E-state index in [0.717, 1.165) is 41.3 Å². The Morgan fingerprint density at radius 3 is 2.65 bits per heavy atom. The Morgan fingerprint density at radius 1 is 1.10 bits per heavy atom. The first-order valence-electron chi connectivity index (χ1n) is 10.7. The highest BCUT2D eigenvalue weighted by molar-refractivity contribution is 6.06. The SMILES string of the molecule is COc1cc2c(cc1OC)C1(CCN(C(=O)c3cccc4cnccc34)CC1)OCC2. The molecule has 6 nitrogen and oxygen atoms in total. The van der Waals surface area contributed by atoms with Crippen LogP contribution in [0.3, 0.4) is 0 Å². The first kappa shape index (κ1) is 19.8. The van der Waals surface area contributed by atoms with Crippen molar-refractivity contribution in [2.24, 2.45) is 0 Å². The van der Waals surface area contributed by atoms with Crippen molar-refractivity contribution in [3.05, 3.63) is 65.5 Å². The molecule has 1 amide bonds. The van der Waals surface area contributed by atoms with E-state index < -0.39 is 0 Å². The topological polar surface area (TPSA) is 60.9 Å². The highest BCUT2D eigenvalue weighted by Crippen LogP contribution is 2.45. The summed E-state index contributed by atoms with van der Waals surface area (Å²) in [5, 5.41) is 1.92. The number of hydrogen-bond acceptors (Lipinski definition) is 5. The maximum Gasteiger partial charge on any atom is 0.254 e. The average Bonchev–Trinajstić information content (AvgIpc) is 2.83. The third-order valence-electron chi connectivity index (χ3n) is 6.62.